The lowest BCUT2D eigenvalue weighted by molar-refractivity contribution is 0.249. The normalized spacial score (nSPS) is 17.2. The minimum Gasteiger partial charge on any atom is -0.369 e. The number of hydrogen-bond acceptors (Lipinski definition) is 5. The summed E-state index contributed by atoms with van der Waals surface area (Å²) < 4.78 is 0. The highest BCUT2D eigenvalue weighted by molar-refractivity contribution is 14.0. The number of piperazine rings is 1. The Morgan fingerprint density at radius 1 is 0.857 bits per heavy atom. The van der Waals surface area contributed by atoms with Gasteiger partial charge in [-0.3, -0.25) is 9.89 Å². The summed E-state index contributed by atoms with van der Waals surface area (Å²) in [6.45, 7) is 8.14. The summed E-state index contributed by atoms with van der Waals surface area (Å²) in [5, 5.41) is 3.50. The van der Waals surface area contributed by atoms with Crippen molar-refractivity contribution in [2.45, 2.75) is 13.1 Å². The first-order valence-corrected chi connectivity index (χ1v) is 9.88. The first-order chi connectivity index (χ1) is 13.3. The lowest BCUT2D eigenvalue weighted by Gasteiger charge is -2.36. The van der Waals surface area contributed by atoms with Gasteiger partial charge in [0.2, 0.25) is 0 Å². The number of guanidine groups is 1. The van der Waals surface area contributed by atoms with Gasteiger partial charge in [-0.05, 0) is 23.3 Å². The van der Waals surface area contributed by atoms with Crippen LogP contribution in [0, 0.1) is 0 Å². The minimum atomic E-state index is 0. The SMILES string of the molecule is CN1CCN=C1NCc1ccccc1CN1CCN(c2ccccc2)CC1.I. The van der Waals surface area contributed by atoms with Gasteiger partial charge in [-0.2, -0.15) is 0 Å². The van der Waals surface area contributed by atoms with E-state index in [1.807, 2.05) is 0 Å². The van der Waals surface area contributed by atoms with Crippen molar-refractivity contribution in [3.05, 3.63) is 65.7 Å². The van der Waals surface area contributed by atoms with E-state index in [9.17, 15) is 0 Å². The van der Waals surface area contributed by atoms with Gasteiger partial charge in [0.05, 0.1) is 6.54 Å². The molecular weight excluding hydrogens is 461 g/mol. The summed E-state index contributed by atoms with van der Waals surface area (Å²) in [7, 11) is 2.09. The van der Waals surface area contributed by atoms with Crippen LogP contribution in [0.15, 0.2) is 59.6 Å². The largest absolute Gasteiger partial charge is 0.369 e. The van der Waals surface area contributed by atoms with Gasteiger partial charge in [0.25, 0.3) is 0 Å². The van der Waals surface area contributed by atoms with Crippen LogP contribution in [0.5, 0.6) is 0 Å². The number of anilines is 1. The van der Waals surface area contributed by atoms with Crippen LogP contribution in [-0.2, 0) is 13.1 Å². The quantitative estimate of drug-likeness (QED) is 0.653. The molecule has 0 spiro atoms. The lowest BCUT2D eigenvalue weighted by atomic mass is 10.1. The van der Waals surface area contributed by atoms with Crippen LogP contribution in [0.25, 0.3) is 0 Å². The van der Waals surface area contributed by atoms with E-state index in [1.54, 1.807) is 0 Å². The van der Waals surface area contributed by atoms with Crippen molar-refractivity contribution >= 4 is 35.6 Å². The van der Waals surface area contributed by atoms with Gasteiger partial charge in [0.15, 0.2) is 5.96 Å². The van der Waals surface area contributed by atoms with Gasteiger partial charge in [0, 0.05) is 58.5 Å². The molecule has 0 radical (unpaired) electrons. The molecule has 2 aliphatic rings. The maximum Gasteiger partial charge on any atom is 0.194 e. The zero-order valence-electron chi connectivity index (χ0n) is 16.6. The highest BCUT2D eigenvalue weighted by atomic mass is 127. The molecule has 2 aliphatic heterocycles. The molecule has 2 aromatic carbocycles. The second-order valence-electron chi connectivity index (χ2n) is 7.35. The molecule has 6 heteroatoms. The van der Waals surface area contributed by atoms with Crippen molar-refractivity contribution in [1.82, 2.24) is 15.1 Å². The summed E-state index contributed by atoms with van der Waals surface area (Å²) in [5.74, 6) is 1.02. The van der Waals surface area contributed by atoms with Gasteiger partial charge in [-0.15, -0.1) is 24.0 Å². The molecule has 0 unspecified atom stereocenters. The van der Waals surface area contributed by atoms with Crippen molar-refractivity contribution in [3.8, 4) is 0 Å². The van der Waals surface area contributed by atoms with Crippen molar-refractivity contribution in [2.24, 2.45) is 4.99 Å². The summed E-state index contributed by atoms with van der Waals surface area (Å²) >= 11 is 0. The maximum absolute atomic E-state index is 4.53. The molecule has 0 aliphatic carbocycles. The molecule has 0 saturated carbocycles. The fourth-order valence-corrected chi connectivity index (χ4v) is 3.83. The van der Waals surface area contributed by atoms with Crippen LogP contribution in [-0.4, -0.2) is 62.1 Å². The number of halogens is 1. The molecule has 2 heterocycles. The van der Waals surface area contributed by atoms with Crippen LogP contribution in [0.3, 0.4) is 0 Å². The predicted molar refractivity (Wildman–Crippen MR) is 128 cm³/mol. The molecule has 2 aromatic rings. The van der Waals surface area contributed by atoms with E-state index in [0.29, 0.717) is 0 Å². The van der Waals surface area contributed by atoms with Crippen molar-refractivity contribution in [3.63, 3.8) is 0 Å². The van der Waals surface area contributed by atoms with Crippen LogP contribution in [0.4, 0.5) is 5.69 Å². The molecule has 150 valence electrons. The molecule has 1 saturated heterocycles. The Bertz CT molecular complexity index is 772. The summed E-state index contributed by atoms with van der Waals surface area (Å²) in [6.07, 6.45) is 0. The third-order valence-corrected chi connectivity index (χ3v) is 5.50. The molecule has 0 amide bonds. The molecule has 1 N–H and O–H groups in total. The number of aliphatic imine (C=N–C) groups is 1. The van der Waals surface area contributed by atoms with Gasteiger partial charge in [0.1, 0.15) is 0 Å². The number of para-hydroxylation sites is 1. The Labute approximate surface area is 185 Å². The first kappa shape index (κ1) is 20.9. The highest BCUT2D eigenvalue weighted by Crippen LogP contribution is 2.18. The number of likely N-dealkylation sites (N-methyl/N-ethyl adjacent to an activating group) is 1. The molecule has 0 atom stereocenters. The standard InChI is InChI=1S/C22H29N5.HI/c1-25-12-11-23-22(25)24-17-19-7-5-6-8-20(19)18-26-13-15-27(16-14-26)21-9-3-2-4-10-21;/h2-10H,11-18H2,1H3,(H,23,24);1H. The van der Waals surface area contributed by atoms with E-state index in [4.69, 9.17) is 0 Å². The first-order valence-electron chi connectivity index (χ1n) is 9.88. The molecule has 0 aromatic heterocycles. The van der Waals surface area contributed by atoms with Crippen molar-refractivity contribution in [1.29, 1.82) is 0 Å². The van der Waals surface area contributed by atoms with E-state index in [1.165, 1.54) is 16.8 Å². The Morgan fingerprint density at radius 3 is 2.21 bits per heavy atom. The predicted octanol–water partition coefficient (Wildman–Crippen LogP) is 3.02. The molecule has 1 fully saturated rings. The topological polar surface area (TPSA) is 34.1 Å². The lowest BCUT2D eigenvalue weighted by Crippen LogP contribution is -2.46. The number of nitrogens with one attached hydrogen (secondary N) is 1. The third-order valence-electron chi connectivity index (χ3n) is 5.50. The summed E-state index contributed by atoms with van der Waals surface area (Å²) in [6, 6.07) is 19.5. The van der Waals surface area contributed by atoms with E-state index in [2.05, 4.69) is 86.7 Å². The number of hydrogen-bond donors (Lipinski definition) is 1. The average Bonchev–Trinajstić information content (AvgIpc) is 3.13. The average molecular weight is 491 g/mol. The van der Waals surface area contributed by atoms with Gasteiger partial charge in [-0.1, -0.05) is 42.5 Å². The smallest absolute Gasteiger partial charge is 0.194 e. The van der Waals surface area contributed by atoms with Crippen molar-refractivity contribution in [2.75, 3.05) is 51.2 Å². The molecule has 5 nitrogen and oxygen atoms in total. The van der Waals surface area contributed by atoms with E-state index >= 15 is 0 Å². The Hall–Kier alpha value is -1.80. The molecule has 4 rings (SSSR count). The molecule has 28 heavy (non-hydrogen) atoms. The fourth-order valence-electron chi connectivity index (χ4n) is 3.83. The Balaban J connectivity index is 0.00000225. The van der Waals surface area contributed by atoms with Crippen molar-refractivity contribution < 1.29 is 0 Å². The zero-order valence-corrected chi connectivity index (χ0v) is 18.9. The van der Waals surface area contributed by atoms with Crippen LogP contribution >= 0.6 is 24.0 Å². The second kappa shape index (κ2) is 10.1. The fraction of sp³-hybridized carbons (Fsp3) is 0.409. The Morgan fingerprint density at radius 2 is 1.54 bits per heavy atom. The van der Waals surface area contributed by atoms with Gasteiger partial charge in [-0.25, -0.2) is 0 Å². The summed E-state index contributed by atoms with van der Waals surface area (Å²) in [4.78, 5) is 11.8. The highest BCUT2D eigenvalue weighted by Gasteiger charge is 2.18. The van der Waals surface area contributed by atoms with Gasteiger partial charge < -0.3 is 15.1 Å². The number of benzene rings is 2. The number of nitrogens with zero attached hydrogens (tertiary/aromatic N) is 4. The number of rotatable bonds is 5. The molecular formula is C22H30IN5. The Kier molecular flexibility index (Phi) is 7.56. The van der Waals surface area contributed by atoms with E-state index in [0.717, 1.165) is 58.3 Å². The molecule has 0 bridgehead atoms. The van der Waals surface area contributed by atoms with Crippen LogP contribution < -0.4 is 10.2 Å². The van der Waals surface area contributed by atoms with Crippen LogP contribution in [0.2, 0.25) is 0 Å². The monoisotopic (exact) mass is 491 g/mol. The zero-order chi connectivity index (χ0) is 18.5. The maximum atomic E-state index is 4.53. The van der Waals surface area contributed by atoms with Gasteiger partial charge >= 0.3 is 0 Å². The van der Waals surface area contributed by atoms with E-state index < -0.39 is 0 Å². The minimum absolute atomic E-state index is 0. The van der Waals surface area contributed by atoms with Crippen LogP contribution in [0.1, 0.15) is 11.1 Å². The second-order valence-corrected chi connectivity index (χ2v) is 7.35. The van der Waals surface area contributed by atoms with E-state index in [-0.39, 0.29) is 24.0 Å². The third kappa shape index (κ3) is 5.17. The summed E-state index contributed by atoms with van der Waals surface area (Å²) in [5.41, 5.74) is 4.12.